The summed E-state index contributed by atoms with van der Waals surface area (Å²) in [5.41, 5.74) is 1.15. The average molecular weight is 290 g/mol. The van der Waals surface area contributed by atoms with Gasteiger partial charge in [-0.3, -0.25) is 0 Å². The van der Waals surface area contributed by atoms with Gasteiger partial charge in [0.25, 0.3) is 0 Å². The highest BCUT2D eigenvalue weighted by molar-refractivity contribution is 14.1. The van der Waals surface area contributed by atoms with Crippen molar-refractivity contribution in [2.24, 2.45) is 0 Å². The van der Waals surface area contributed by atoms with Crippen molar-refractivity contribution in [3.63, 3.8) is 0 Å². The molecule has 1 heterocycles. The Bertz CT molecular complexity index is 268. The molecule has 13 heavy (non-hydrogen) atoms. The fraction of sp³-hybridized carbons (Fsp3) is 0.700. The summed E-state index contributed by atoms with van der Waals surface area (Å²) < 4.78 is 1.21. The van der Waals surface area contributed by atoms with Gasteiger partial charge in [-0.2, -0.15) is 0 Å². The lowest BCUT2D eigenvalue weighted by molar-refractivity contribution is 0.430. The Morgan fingerprint density at radius 2 is 2.00 bits per heavy atom. The molecule has 1 aliphatic carbocycles. The van der Waals surface area contributed by atoms with Crippen molar-refractivity contribution >= 4 is 22.6 Å². The van der Waals surface area contributed by atoms with Crippen molar-refractivity contribution in [2.75, 3.05) is 0 Å². The van der Waals surface area contributed by atoms with Crippen molar-refractivity contribution in [2.45, 2.75) is 44.9 Å². The number of hydrogen-bond acceptors (Lipinski definition) is 1. The van der Waals surface area contributed by atoms with E-state index >= 15 is 0 Å². The van der Waals surface area contributed by atoms with Gasteiger partial charge in [0, 0.05) is 5.92 Å². The second-order valence-corrected chi connectivity index (χ2v) is 4.94. The third kappa shape index (κ3) is 2.06. The quantitative estimate of drug-likeness (QED) is 0.789. The van der Waals surface area contributed by atoms with Crippen LogP contribution in [0.15, 0.2) is 0 Å². The van der Waals surface area contributed by atoms with Gasteiger partial charge in [-0.15, -0.1) is 0 Å². The summed E-state index contributed by atoms with van der Waals surface area (Å²) in [5, 5.41) is 0. The van der Waals surface area contributed by atoms with Crippen LogP contribution in [0.1, 0.15) is 49.5 Å². The van der Waals surface area contributed by atoms with Crippen LogP contribution in [0.5, 0.6) is 0 Å². The number of aryl methyl sites for hydroxylation is 1. The van der Waals surface area contributed by atoms with Crippen LogP contribution in [0, 0.1) is 10.6 Å². The predicted molar refractivity (Wildman–Crippen MR) is 61.9 cm³/mol. The zero-order chi connectivity index (χ0) is 9.26. The van der Waals surface area contributed by atoms with Crippen molar-refractivity contribution in [3.8, 4) is 0 Å². The van der Waals surface area contributed by atoms with Crippen LogP contribution in [0.2, 0.25) is 0 Å². The zero-order valence-corrected chi connectivity index (χ0v) is 10.1. The summed E-state index contributed by atoms with van der Waals surface area (Å²) in [5.74, 6) is 1.93. The van der Waals surface area contributed by atoms with Crippen LogP contribution < -0.4 is 0 Å². The van der Waals surface area contributed by atoms with Crippen LogP contribution in [-0.2, 0) is 0 Å². The molecule has 0 amide bonds. The van der Waals surface area contributed by atoms with Gasteiger partial charge in [0.2, 0.25) is 0 Å². The SMILES string of the molecule is Cc1nc(C2CCCCC2)[nH]c1I. The maximum atomic E-state index is 4.57. The Kier molecular flexibility index (Phi) is 2.91. The largest absolute Gasteiger partial charge is 0.337 e. The molecule has 2 nitrogen and oxygen atoms in total. The molecule has 1 aromatic rings. The van der Waals surface area contributed by atoms with E-state index in [1.807, 2.05) is 0 Å². The normalized spacial score (nSPS) is 19.2. The molecule has 0 aromatic carbocycles. The van der Waals surface area contributed by atoms with Crippen LogP contribution in [0.3, 0.4) is 0 Å². The Hall–Kier alpha value is -0.0600. The van der Waals surface area contributed by atoms with E-state index in [9.17, 15) is 0 Å². The first-order valence-corrected chi connectivity index (χ1v) is 6.07. The third-order valence-corrected chi connectivity index (χ3v) is 3.89. The molecule has 1 aliphatic rings. The standard InChI is InChI=1S/C10H15IN2/c1-7-9(11)13-10(12-7)8-5-3-2-4-6-8/h8H,2-6H2,1H3,(H,12,13). The third-order valence-electron chi connectivity index (χ3n) is 2.84. The smallest absolute Gasteiger partial charge is 0.110 e. The molecular weight excluding hydrogens is 275 g/mol. The Labute approximate surface area is 92.7 Å². The van der Waals surface area contributed by atoms with E-state index in [1.54, 1.807) is 0 Å². The minimum atomic E-state index is 0.705. The second kappa shape index (κ2) is 3.98. The van der Waals surface area contributed by atoms with Gasteiger partial charge in [0.1, 0.15) is 9.53 Å². The number of H-pyrrole nitrogens is 1. The molecule has 1 saturated carbocycles. The summed E-state index contributed by atoms with van der Waals surface area (Å²) in [4.78, 5) is 7.96. The molecule has 0 aliphatic heterocycles. The Morgan fingerprint density at radius 3 is 2.54 bits per heavy atom. The van der Waals surface area contributed by atoms with Crippen molar-refractivity contribution < 1.29 is 0 Å². The second-order valence-electron chi connectivity index (χ2n) is 3.86. The van der Waals surface area contributed by atoms with E-state index in [-0.39, 0.29) is 0 Å². The molecular formula is C10H15IN2. The topological polar surface area (TPSA) is 28.7 Å². The molecule has 72 valence electrons. The molecule has 0 atom stereocenters. The number of hydrogen-bond donors (Lipinski definition) is 1. The molecule has 0 radical (unpaired) electrons. The van der Waals surface area contributed by atoms with Gasteiger partial charge in [-0.1, -0.05) is 19.3 Å². The lowest BCUT2D eigenvalue weighted by Crippen LogP contribution is -2.06. The van der Waals surface area contributed by atoms with Gasteiger partial charge < -0.3 is 4.98 Å². The summed E-state index contributed by atoms with van der Waals surface area (Å²) in [7, 11) is 0. The summed E-state index contributed by atoms with van der Waals surface area (Å²) in [6.45, 7) is 2.07. The predicted octanol–water partition coefficient (Wildman–Crippen LogP) is 3.37. The number of aromatic nitrogens is 2. The summed E-state index contributed by atoms with van der Waals surface area (Å²) in [6.07, 6.45) is 6.81. The van der Waals surface area contributed by atoms with Crippen LogP contribution in [0.4, 0.5) is 0 Å². The van der Waals surface area contributed by atoms with Crippen LogP contribution in [0.25, 0.3) is 0 Å². The highest BCUT2D eigenvalue weighted by atomic mass is 127. The first-order chi connectivity index (χ1) is 6.27. The first-order valence-electron chi connectivity index (χ1n) is 4.99. The molecule has 1 N–H and O–H groups in total. The number of imidazole rings is 1. The molecule has 0 saturated heterocycles. The number of nitrogens with zero attached hydrogens (tertiary/aromatic N) is 1. The van der Waals surface area contributed by atoms with Crippen LogP contribution in [-0.4, -0.2) is 9.97 Å². The fourth-order valence-corrected chi connectivity index (χ4v) is 2.43. The lowest BCUT2D eigenvalue weighted by atomic mass is 9.89. The number of rotatable bonds is 1. The molecule has 0 unspecified atom stereocenters. The average Bonchev–Trinajstić information content (AvgIpc) is 2.49. The monoisotopic (exact) mass is 290 g/mol. The van der Waals surface area contributed by atoms with Gasteiger partial charge in [0.05, 0.1) is 5.69 Å². The Balaban J connectivity index is 2.14. The van der Waals surface area contributed by atoms with Crippen molar-refractivity contribution in [3.05, 3.63) is 15.2 Å². The maximum Gasteiger partial charge on any atom is 0.110 e. The van der Waals surface area contributed by atoms with E-state index in [4.69, 9.17) is 0 Å². The summed E-state index contributed by atoms with van der Waals surface area (Å²) in [6, 6.07) is 0. The lowest BCUT2D eigenvalue weighted by Gasteiger charge is -2.19. The fourth-order valence-electron chi connectivity index (χ4n) is 2.03. The highest BCUT2D eigenvalue weighted by Crippen LogP contribution is 2.31. The van der Waals surface area contributed by atoms with Crippen LogP contribution >= 0.6 is 22.6 Å². The molecule has 0 bridgehead atoms. The number of halogens is 1. The number of aromatic amines is 1. The van der Waals surface area contributed by atoms with E-state index in [2.05, 4.69) is 39.5 Å². The van der Waals surface area contributed by atoms with Gasteiger partial charge in [0.15, 0.2) is 0 Å². The first kappa shape index (κ1) is 9.49. The van der Waals surface area contributed by atoms with E-state index < -0.39 is 0 Å². The van der Waals surface area contributed by atoms with E-state index in [1.165, 1.54) is 41.6 Å². The molecule has 3 heteroatoms. The van der Waals surface area contributed by atoms with E-state index in [0.29, 0.717) is 5.92 Å². The minimum Gasteiger partial charge on any atom is -0.337 e. The summed E-state index contributed by atoms with van der Waals surface area (Å²) >= 11 is 2.32. The van der Waals surface area contributed by atoms with Gasteiger partial charge in [-0.05, 0) is 42.4 Å². The van der Waals surface area contributed by atoms with E-state index in [0.717, 1.165) is 5.69 Å². The molecule has 2 rings (SSSR count). The zero-order valence-electron chi connectivity index (χ0n) is 7.94. The van der Waals surface area contributed by atoms with Crippen molar-refractivity contribution in [1.29, 1.82) is 0 Å². The highest BCUT2D eigenvalue weighted by Gasteiger charge is 2.18. The molecule has 1 aromatic heterocycles. The molecule has 1 fully saturated rings. The van der Waals surface area contributed by atoms with Gasteiger partial charge >= 0.3 is 0 Å². The number of nitrogens with one attached hydrogen (secondary N) is 1. The maximum absolute atomic E-state index is 4.57. The van der Waals surface area contributed by atoms with Gasteiger partial charge in [-0.25, -0.2) is 4.98 Å². The minimum absolute atomic E-state index is 0.705. The Morgan fingerprint density at radius 1 is 1.31 bits per heavy atom. The molecule has 0 spiro atoms. The van der Waals surface area contributed by atoms with Crippen molar-refractivity contribution in [1.82, 2.24) is 9.97 Å².